The van der Waals surface area contributed by atoms with Crippen molar-refractivity contribution in [3.63, 3.8) is 0 Å². The van der Waals surface area contributed by atoms with E-state index in [-0.39, 0.29) is 11.3 Å². The largest absolute Gasteiger partial charge is 0.481 e. The predicted octanol–water partition coefficient (Wildman–Crippen LogP) is 2.80. The van der Waals surface area contributed by atoms with E-state index in [9.17, 15) is 4.39 Å². The number of ether oxygens (including phenoxy) is 3. The number of aromatic nitrogens is 6. The zero-order chi connectivity index (χ0) is 22.9. The summed E-state index contributed by atoms with van der Waals surface area (Å²) in [7, 11) is 4.82. The molecule has 0 bridgehead atoms. The zero-order valence-corrected chi connectivity index (χ0v) is 19.2. The topological polar surface area (TPSA) is 109 Å². The number of nitrogens with one attached hydrogen (secondary N) is 1. The molecule has 1 atom stereocenters. The van der Waals surface area contributed by atoms with Gasteiger partial charge in [0.05, 0.1) is 38.8 Å². The number of anilines is 1. The van der Waals surface area contributed by atoms with Gasteiger partial charge >= 0.3 is 0 Å². The average Bonchev–Trinajstić information content (AvgIpc) is 3.23. The molecule has 3 heterocycles. The van der Waals surface area contributed by atoms with E-state index in [1.165, 1.54) is 11.9 Å². The highest BCUT2D eigenvalue weighted by molar-refractivity contribution is 8.01. The minimum atomic E-state index is -0.457. The highest BCUT2D eigenvalue weighted by Crippen LogP contribution is 2.28. The lowest BCUT2D eigenvalue weighted by atomic mass is 10.2. The second kappa shape index (κ2) is 11.7. The molecule has 0 fully saturated rings. The summed E-state index contributed by atoms with van der Waals surface area (Å²) in [5.74, 6) is 1.67. The number of nitrogens with zero attached hydrogens (tertiary/aromatic N) is 6. The molecule has 32 heavy (non-hydrogen) atoms. The van der Waals surface area contributed by atoms with Gasteiger partial charge < -0.3 is 14.2 Å². The van der Waals surface area contributed by atoms with Crippen LogP contribution >= 0.6 is 11.9 Å². The van der Waals surface area contributed by atoms with Crippen molar-refractivity contribution >= 4 is 17.9 Å². The molecular formula is C20H26FN7O3S. The summed E-state index contributed by atoms with van der Waals surface area (Å²) in [6.45, 7) is 2.79. The molecule has 0 saturated carbocycles. The van der Waals surface area contributed by atoms with Crippen LogP contribution in [0.1, 0.15) is 18.8 Å². The first kappa shape index (κ1) is 23.8. The van der Waals surface area contributed by atoms with E-state index in [2.05, 4.69) is 29.9 Å². The Kier molecular flexibility index (Phi) is 8.71. The van der Waals surface area contributed by atoms with Crippen LogP contribution in [0.2, 0.25) is 0 Å². The van der Waals surface area contributed by atoms with Crippen molar-refractivity contribution in [1.29, 1.82) is 0 Å². The molecular weight excluding hydrogens is 437 g/mol. The molecule has 0 aliphatic heterocycles. The fraction of sp³-hybridized carbons (Fsp3) is 0.450. The van der Waals surface area contributed by atoms with Crippen LogP contribution in [0.15, 0.2) is 30.6 Å². The van der Waals surface area contributed by atoms with Crippen LogP contribution in [0.4, 0.5) is 10.3 Å². The van der Waals surface area contributed by atoms with Crippen LogP contribution < -0.4 is 9.46 Å². The first-order valence-electron chi connectivity index (χ1n) is 9.88. The van der Waals surface area contributed by atoms with Crippen LogP contribution in [-0.2, 0) is 15.9 Å². The lowest BCUT2D eigenvalue weighted by Gasteiger charge is -2.21. The molecule has 10 nitrogen and oxygen atoms in total. The smallest absolute Gasteiger partial charge is 0.235 e. The molecule has 1 unspecified atom stereocenters. The van der Waals surface area contributed by atoms with Crippen molar-refractivity contribution in [3.8, 4) is 17.4 Å². The number of methoxy groups -OCH3 is 3. The number of hydrogen-bond acceptors (Lipinski definition) is 10. The third-order valence-corrected chi connectivity index (χ3v) is 5.31. The highest BCUT2D eigenvalue weighted by Gasteiger charge is 2.23. The van der Waals surface area contributed by atoms with Gasteiger partial charge in [-0.1, -0.05) is 13.0 Å². The summed E-state index contributed by atoms with van der Waals surface area (Å²) < 4.78 is 34.3. The van der Waals surface area contributed by atoms with Crippen LogP contribution in [-0.4, -0.2) is 69.5 Å². The number of pyridine rings is 1. The lowest BCUT2D eigenvalue weighted by molar-refractivity contribution is 0.0908. The Morgan fingerprint density at radius 2 is 1.81 bits per heavy atom. The number of hydrogen-bond donors (Lipinski definition) is 1. The quantitative estimate of drug-likeness (QED) is 0.403. The minimum Gasteiger partial charge on any atom is -0.481 e. The summed E-state index contributed by atoms with van der Waals surface area (Å²) in [6, 6.07) is 5.25. The zero-order valence-electron chi connectivity index (χ0n) is 18.4. The van der Waals surface area contributed by atoms with E-state index in [4.69, 9.17) is 14.2 Å². The van der Waals surface area contributed by atoms with Crippen molar-refractivity contribution in [2.24, 2.45) is 0 Å². The summed E-state index contributed by atoms with van der Waals surface area (Å²) >= 11 is 1.44. The summed E-state index contributed by atoms with van der Waals surface area (Å²) in [5.41, 5.74) is 0.611. The molecule has 0 amide bonds. The summed E-state index contributed by atoms with van der Waals surface area (Å²) in [5, 5.41) is 8.77. The van der Waals surface area contributed by atoms with Gasteiger partial charge in [0.25, 0.3) is 0 Å². The highest BCUT2D eigenvalue weighted by atomic mass is 32.2. The lowest BCUT2D eigenvalue weighted by Crippen LogP contribution is -2.22. The van der Waals surface area contributed by atoms with Gasteiger partial charge in [-0.3, -0.25) is 9.29 Å². The molecule has 3 rings (SSSR count). The van der Waals surface area contributed by atoms with E-state index in [1.54, 1.807) is 27.4 Å². The molecule has 12 heteroatoms. The fourth-order valence-electron chi connectivity index (χ4n) is 3.01. The molecule has 0 aliphatic carbocycles. The van der Waals surface area contributed by atoms with Gasteiger partial charge in [-0.15, -0.1) is 10.2 Å². The van der Waals surface area contributed by atoms with E-state index in [0.29, 0.717) is 48.8 Å². The minimum absolute atomic E-state index is 0.0762. The SMILES string of the molecule is COCC(COC)n1c(NSC(C)Cc2ncc(F)cn2)nnc1-c1cccc(OC)n1. The molecule has 1 N–H and O–H groups in total. The molecule has 172 valence electrons. The molecule has 0 aliphatic rings. The van der Waals surface area contributed by atoms with Crippen LogP contribution in [0, 0.1) is 5.82 Å². The van der Waals surface area contributed by atoms with Gasteiger partial charge in [0.15, 0.2) is 11.6 Å². The van der Waals surface area contributed by atoms with Crippen LogP contribution in [0.25, 0.3) is 11.5 Å². The van der Waals surface area contributed by atoms with Gasteiger partial charge in [-0.25, -0.2) is 19.3 Å². The Morgan fingerprint density at radius 3 is 2.47 bits per heavy atom. The average molecular weight is 464 g/mol. The molecule has 0 aromatic carbocycles. The van der Waals surface area contributed by atoms with Crippen molar-refractivity contribution in [1.82, 2.24) is 29.7 Å². The van der Waals surface area contributed by atoms with Gasteiger partial charge in [-0.05, 0) is 18.0 Å². The van der Waals surface area contributed by atoms with Crippen molar-refractivity contribution < 1.29 is 18.6 Å². The van der Waals surface area contributed by atoms with Gasteiger partial charge in [-0.2, -0.15) is 0 Å². The maximum atomic E-state index is 13.0. The van der Waals surface area contributed by atoms with Gasteiger partial charge in [0.2, 0.25) is 11.8 Å². The Labute approximate surface area is 190 Å². The predicted molar refractivity (Wildman–Crippen MR) is 119 cm³/mol. The van der Waals surface area contributed by atoms with E-state index < -0.39 is 5.82 Å². The molecule has 0 saturated heterocycles. The molecule has 0 radical (unpaired) electrons. The van der Waals surface area contributed by atoms with Crippen molar-refractivity contribution in [2.75, 3.05) is 39.3 Å². The maximum absolute atomic E-state index is 13.0. The molecule has 3 aromatic rings. The monoisotopic (exact) mass is 463 g/mol. The summed E-state index contributed by atoms with van der Waals surface area (Å²) in [4.78, 5) is 12.5. The second-order valence-corrected chi connectivity index (χ2v) is 8.14. The van der Waals surface area contributed by atoms with E-state index >= 15 is 0 Å². The Bertz CT molecular complexity index is 984. The second-order valence-electron chi connectivity index (χ2n) is 6.90. The van der Waals surface area contributed by atoms with Crippen LogP contribution in [0.3, 0.4) is 0 Å². The Balaban J connectivity index is 1.83. The van der Waals surface area contributed by atoms with Gasteiger partial charge in [0.1, 0.15) is 11.5 Å². The van der Waals surface area contributed by atoms with E-state index in [1.807, 2.05) is 23.6 Å². The third kappa shape index (κ3) is 6.11. The Morgan fingerprint density at radius 1 is 1.09 bits per heavy atom. The van der Waals surface area contributed by atoms with E-state index in [0.717, 1.165) is 12.4 Å². The maximum Gasteiger partial charge on any atom is 0.235 e. The normalized spacial score (nSPS) is 12.2. The standard InChI is InChI=1S/C20H26FN7O3S/c1-13(8-17-22-9-14(21)10-23-17)32-27-20-26-25-19(16-6-5-7-18(24-16)31-4)28(20)15(11-29-2)12-30-3/h5-7,9-10,13,15H,8,11-12H2,1-4H3,(H,26,27). The third-order valence-electron chi connectivity index (χ3n) is 4.44. The first-order chi connectivity index (χ1) is 15.5. The van der Waals surface area contributed by atoms with Crippen molar-refractivity contribution in [3.05, 3.63) is 42.2 Å². The number of halogens is 1. The molecule has 3 aromatic heterocycles. The number of rotatable bonds is 12. The fourth-order valence-corrected chi connectivity index (χ4v) is 3.69. The van der Waals surface area contributed by atoms with Gasteiger partial charge in [0, 0.05) is 32.0 Å². The van der Waals surface area contributed by atoms with Crippen LogP contribution in [0.5, 0.6) is 5.88 Å². The summed E-state index contributed by atoms with van der Waals surface area (Å²) in [6.07, 6.45) is 2.88. The molecule has 0 spiro atoms. The Hall–Kier alpha value is -2.83. The van der Waals surface area contributed by atoms with Crippen molar-refractivity contribution in [2.45, 2.75) is 24.6 Å². The first-order valence-corrected chi connectivity index (χ1v) is 10.8.